The lowest BCUT2D eigenvalue weighted by atomic mass is 10.2. The number of halogens is 1. The van der Waals surface area contributed by atoms with E-state index in [-0.39, 0.29) is 0 Å². The van der Waals surface area contributed by atoms with E-state index in [0.29, 0.717) is 11.6 Å². The molecule has 0 radical (unpaired) electrons. The van der Waals surface area contributed by atoms with Gasteiger partial charge in [0.05, 0.1) is 10.7 Å². The van der Waals surface area contributed by atoms with Gasteiger partial charge in [0.25, 0.3) is 0 Å². The predicted octanol–water partition coefficient (Wildman–Crippen LogP) is 2.88. The van der Waals surface area contributed by atoms with Crippen molar-refractivity contribution in [2.24, 2.45) is 5.73 Å². The number of pyridine rings is 2. The van der Waals surface area contributed by atoms with Crippen LogP contribution in [0.25, 0.3) is 0 Å². The molecular formula is C12H12ClN3S. The fourth-order valence-electron chi connectivity index (χ4n) is 1.41. The van der Waals surface area contributed by atoms with Crippen molar-refractivity contribution in [3.05, 3.63) is 52.9 Å². The van der Waals surface area contributed by atoms with Crippen molar-refractivity contribution >= 4 is 23.4 Å². The Labute approximate surface area is 109 Å². The quantitative estimate of drug-likeness (QED) is 0.864. The van der Waals surface area contributed by atoms with Crippen LogP contribution in [0.4, 0.5) is 0 Å². The van der Waals surface area contributed by atoms with Crippen molar-refractivity contribution in [3.63, 3.8) is 0 Å². The van der Waals surface area contributed by atoms with Gasteiger partial charge in [0, 0.05) is 24.7 Å². The molecule has 2 aromatic rings. The number of hydrogen-bond acceptors (Lipinski definition) is 4. The van der Waals surface area contributed by atoms with Crippen LogP contribution in [-0.2, 0) is 12.3 Å². The summed E-state index contributed by atoms with van der Waals surface area (Å²) in [4.78, 5) is 8.47. The topological polar surface area (TPSA) is 51.8 Å². The summed E-state index contributed by atoms with van der Waals surface area (Å²) in [5.41, 5.74) is 7.69. The van der Waals surface area contributed by atoms with Crippen LogP contribution in [-0.4, -0.2) is 9.97 Å². The molecule has 3 nitrogen and oxygen atoms in total. The Morgan fingerprint density at radius 1 is 1.18 bits per heavy atom. The van der Waals surface area contributed by atoms with Gasteiger partial charge in [-0.25, -0.2) is 4.98 Å². The third kappa shape index (κ3) is 3.19. The Morgan fingerprint density at radius 3 is 2.71 bits per heavy atom. The molecule has 2 N–H and O–H groups in total. The summed E-state index contributed by atoms with van der Waals surface area (Å²) in [5.74, 6) is 0.775. The number of hydrogen-bond donors (Lipinski definition) is 1. The third-order valence-electron chi connectivity index (χ3n) is 2.27. The van der Waals surface area contributed by atoms with E-state index in [9.17, 15) is 0 Å². The zero-order chi connectivity index (χ0) is 12.1. The van der Waals surface area contributed by atoms with Crippen molar-refractivity contribution in [3.8, 4) is 0 Å². The highest BCUT2D eigenvalue weighted by Gasteiger charge is 2.05. The normalized spacial score (nSPS) is 10.5. The summed E-state index contributed by atoms with van der Waals surface area (Å²) in [6.45, 7) is 0.451. The van der Waals surface area contributed by atoms with Crippen LogP contribution in [0.15, 0.2) is 41.7 Å². The molecule has 0 spiro atoms. The minimum Gasteiger partial charge on any atom is -0.325 e. The number of nitrogens with two attached hydrogens (primary N) is 1. The molecule has 0 bridgehead atoms. The van der Waals surface area contributed by atoms with Crippen LogP contribution < -0.4 is 5.73 Å². The van der Waals surface area contributed by atoms with Gasteiger partial charge >= 0.3 is 0 Å². The molecule has 0 amide bonds. The summed E-state index contributed by atoms with van der Waals surface area (Å²) in [7, 11) is 0. The molecule has 2 aromatic heterocycles. The van der Waals surface area contributed by atoms with E-state index in [1.807, 2.05) is 24.3 Å². The molecule has 5 heteroatoms. The highest BCUT2D eigenvalue weighted by Crippen LogP contribution is 2.27. The average Bonchev–Trinajstić information content (AvgIpc) is 2.38. The fraction of sp³-hybridized carbons (Fsp3) is 0.167. The van der Waals surface area contributed by atoms with E-state index in [4.69, 9.17) is 17.3 Å². The van der Waals surface area contributed by atoms with Gasteiger partial charge < -0.3 is 5.73 Å². The minimum absolute atomic E-state index is 0.451. The zero-order valence-corrected chi connectivity index (χ0v) is 10.7. The van der Waals surface area contributed by atoms with E-state index in [1.54, 1.807) is 24.2 Å². The summed E-state index contributed by atoms with van der Waals surface area (Å²) < 4.78 is 0. The monoisotopic (exact) mass is 265 g/mol. The standard InChI is InChI=1S/C12H12ClN3S/c13-10-4-2-6-16-12(10)17-8-9-3-1-5-15-11(9)7-14/h1-6H,7-8,14H2. The predicted molar refractivity (Wildman–Crippen MR) is 70.9 cm³/mol. The second-order valence-corrected chi connectivity index (χ2v) is 4.76. The Bertz CT molecular complexity index is 505. The fourth-order valence-corrected chi connectivity index (χ4v) is 2.59. The second-order valence-electron chi connectivity index (χ2n) is 3.39. The maximum Gasteiger partial charge on any atom is 0.115 e. The van der Waals surface area contributed by atoms with Crippen molar-refractivity contribution in [2.45, 2.75) is 17.3 Å². The van der Waals surface area contributed by atoms with E-state index in [0.717, 1.165) is 22.0 Å². The molecule has 0 aliphatic heterocycles. The minimum atomic E-state index is 0.451. The summed E-state index contributed by atoms with van der Waals surface area (Å²) in [6.07, 6.45) is 3.49. The van der Waals surface area contributed by atoms with E-state index in [2.05, 4.69) is 9.97 Å². The number of aromatic nitrogens is 2. The first kappa shape index (κ1) is 12.4. The van der Waals surface area contributed by atoms with Gasteiger partial charge in [-0.1, -0.05) is 17.7 Å². The highest BCUT2D eigenvalue weighted by molar-refractivity contribution is 7.98. The van der Waals surface area contributed by atoms with Gasteiger partial charge in [0.15, 0.2) is 0 Å². The molecule has 0 aromatic carbocycles. The van der Waals surface area contributed by atoms with Gasteiger partial charge in [0.1, 0.15) is 5.03 Å². The number of thioether (sulfide) groups is 1. The third-order valence-corrected chi connectivity index (χ3v) is 3.74. The molecule has 17 heavy (non-hydrogen) atoms. The molecule has 2 rings (SSSR count). The summed E-state index contributed by atoms with van der Waals surface area (Å²) in [6, 6.07) is 7.60. The van der Waals surface area contributed by atoms with E-state index >= 15 is 0 Å². The van der Waals surface area contributed by atoms with E-state index < -0.39 is 0 Å². The smallest absolute Gasteiger partial charge is 0.115 e. The van der Waals surface area contributed by atoms with Crippen LogP contribution in [0.5, 0.6) is 0 Å². The lowest BCUT2D eigenvalue weighted by Crippen LogP contribution is -2.03. The van der Waals surface area contributed by atoms with Crippen LogP contribution in [0, 0.1) is 0 Å². The average molecular weight is 266 g/mol. The van der Waals surface area contributed by atoms with Crippen molar-refractivity contribution in [1.82, 2.24) is 9.97 Å². The Hall–Kier alpha value is -1.10. The molecular weight excluding hydrogens is 254 g/mol. The molecule has 0 aliphatic rings. The Kier molecular flexibility index (Phi) is 4.36. The van der Waals surface area contributed by atoms with Gasteiger partial charge in [-0.15, -0.1) is 11.8 Å². The van der Waals surface area contributed by atoms with Crippen molar-refractivity contribution in [2.75, 3.05) is 0 Å². The van der Waals surface area contributed by atoms with Crippen LogP contribution in [0.1, 0.15) is 11.3 Å². The lowest BCUT2D eigenvalue weighted by Gasteiger charge is -2.06. The second kappa shape index (κ2) is 6.00. The Morgan fingerprint density at radius 2 is 1.94 bits per heavy atom. The van der Waals surface area contributed by atoms with Crippen LogP contribution in [0.3, 0.4) is 0 Å². The Balaban J connectivity index is 2.10. The van der Waals surface area contributed by atoms with E-state index in [1.165, 1.54) is 0 Å². The van der Waals surface area contributed by atoms with Gasteiger partial charge in [-0.05, 0) is 23.8 Å². The highest BCUT2D eigenvalue weighted by atomic mass is 35.5. The van der Waals surface area contributed by atoms with Gasteiger partial charge in [-0.2, -0.15) is 0 Å². The van der Waals surface area contributed by atoms with Crippen LogP contribution >= 0.6 is 23.4 Å². The first-order valence-corrected chi connectivity index (χ1v) is 6.53. The van der Waals surface area contributed by atoms with Crippen molar-refractivity contribution < 1.29 is 0 Å². The molecule has 0 saturated carbocycles. The van der Waals surface area contributed by atoms with Gasteiger partial charge in [-0.3, -0.25) is 4.98 Å². The lowest BCUT2D eigenvalue weighted by molar-refractivity contribution is 0.963. The summed E-state index contributed by atoms with van der Waals surface area (Å²) >= 11 is 7.63. The zero-order valence-electron chi connectivity index (χ0n) is 9.14. The molecule has 0 saturated heterocycles. The SMILES string of the molecule is NCc1ncccc1CSc1ncccc1Cl. The van der Waals surface area contributed by atoms with Crippen LogP contribution in [0.2, 0.25) is 5.02 Å². The first-order chi connectivity index (χ1) is 8.31. The van der Waals surface area contributed by atoms with Gasteiger partial charge in [0.2, 0.25) is 0 Å². The first-order valence-electron chi connectivity index (χ1n) is 5.17. The maximum atomic E-state index is 6.04. The summed E-state index contributed by atoms with van der Waals surface area (Å²) in [5, 5.41) is 1.51. The van der Waals surface area contributed by atoms with Crippen molar-refractivity contribution in [1.29, 1.82) is 0 Å². The molecule has 0 atom stereocenters. The molecule has 0 aliphatic carbocycles. The number of rotatable bonds is 4. The number of nitrogens with zero attached hydrogens (tertiary/aromatic N) is 2. The largest absolute Gasteiger partial charge is 0.325 e. The molecule has 88 valence electrons. The maximum absolute atomic E-state index is 6.04. The molecule has 0 fully saturated rings. The molecule has 2 heterocycles. The molecule has 0 unspecified atom stereocenters.